The molecule has 0 saturated heterocycles. The fraction of sp³-hybridized carbons (Fsp3) is 0.364. The molecule has 0 fully saturated rings. The van der Waals surface area contributed by atoms with Crippen molar-refractivity contribution in [2.24, 2.45) is 0 Å². The number of nitrogens with one attached hydrogen (secondary N) is 1. The number of rotatable bonds is 9. The first-order valence-corrected chi connectivity index (χ1v) is 9.16. The van der Waals surface area contributed by atoms with E-state index in [0.717, 1.165) is 22.4 Å². The average molecular weight is 369 g/mol. The van der Waals surface area contributed by atoms with Gasteiger partial charge in [-0.2, -0.15) is 0 Å². The number of aryl methyl sites for hydroxylation is 2. The molecule has 2 aromatic carbocycles. The molecule has 1 N–H and O–H groups in total. The summed E-state index contributed by atoms with van der Waals surface area (Å²) < 4.78 is 10.2. The summed E-state index contributed by atoms with van der Waals surface area (Å²) in [5.41, 5.74) is 3.08. The molecule has 0 heterocycles. The van der Waals surface area contributed by atoms with Crippen LogP contribution in [0.25, 0.3) is 0 Å². The second kappa shape index (κ2) is 10.4. The van der Waals surface area contributed by atoms with E-state index in [9.17, 15) is 9.59 Å². The van der Waals surface area contributed by atoms with E-state index in [4.69, 9.17) is 9.47 Å². The summed E-state index contributed by atoms with van der Waals surface area (Å²) >= 11 is 0. The summed E-state index contributed by atoms with van der Waals surface area (Å²) in [6.07, 6.45) is 1.07. The third kappa shape index (κ3) is 6.77. The van der Waals surface area contributed by atoms with Crippen LogP contribution in [0.4, 0.5) is 0 Å². The van der Waals surface area contributed by atoms with Gasteiger partial charge in [0.05, 0.1) is 26.2 Å². The summed E-state index contributed by atoms with van der Waals surface area (Å²) in [5, 5.41) is 2.96. The maximum absolute atomic E-state index is 12.4. The molecule has 2 rings (SSSR count). The molecule has 0 saturated carbocycles. The normalized spacial score (nSPS) is 11.5. The van der Waals surface area contributed by atoms with Gasteiger partial charge in [0.15, 0.2) is 0 Å². The van der Waals surface area contributed by atoms with Gasteiger partial charge in [-0.25, -0.2) is 0 Å². The van der Waals surface area contributed by atoms with Gasteiger partial charge < -0.3 is 14.8 Å². The van der Waals surface area contributed by atoms with Crippen molar-refractivity contribution in [2.45, 2.75) is 39.2 Å². The molecule has 0 spiro atoms. The summed E-state index contributed by atoms with van der Waals surface area (Å²) in [7, 11) is 1.35. The van der Waals surface area contributed by atoms with Crippen molar-refractivity contribution in [1.29, 1.82) is 0 Å². The molecular formula is C22H27NO4. The van der Waals surface area contributed by atoms with E-state index in [2.05, 4.69) is 5.32 Å². The Balaban J connectivity index is 1.95. The number of carbonyl (C=O) groups is 2. The minimum atomic E-state index is -0.397. The molecule has 0 aliphatic carbocycles. The van der Waals surface area contributed by atoms with E-state index in [1.807, 2.05) is 62.4 Å². The Bertz CT molecular complexity index is 738. The number of methoxy groups -OCH3 is 1. The van der Waals surface area contributed by atoms with Crippen LogP contribution in [0.15, 0.2) is 48.5 Å². The first-order valence-electron chi connectivity index (χ1n) is 9.16. The molecule has 144 valence electrons. The summed E-state index contributed by atoms with van der Waals surface area (Å²) in [4.78, 5) is 24.1. The average Bonchev–Trinajstić information content (AvgIpc) is 2.67. The Hall–Kier alpha value is -2.82. The Morgan fingerprint density at radius 1 is 1.04 bits per heavy atom. The molecule has 0 aliphatic rings. The van der Waals surface area contributed by atoms with Gasteiger partial charge in [0.1, 0.15) is 5.75 Å². The number of carbonyl (C=O) groups excluding carboxylic acids is 2. The smallest absolute Gasteiger partial charge is 0.307 e. The highest BCUT2D eigenvalue weighted by molar-refractivity contribution is 5.78. The quantitative estimate of drug-likeness (QED) is 0.684. The van der Waals surface area contributed by atoms with E-state index in [-0.39, 0.29) is 18.3 Å². The van der Waals surface area contributed by atoms with Crippen LogP contribution in [-0.4, -0.2) is 25.6 Å². The minimum Gasteiger partial charge on any atom is -0.494 e. The maximum atomic E-state index is 12.4. The highest BCUT2D eigenvalue weighted by Crippen LogP contribution is 2.19. The molecule has 0 aromatic heterocycles. The first-order chi connectivity index (χ1) is 13.0. The maximum Gasteiger partial charge on any atom is 0.307 e. The zero-order chi connectivity index (χ0) is 19.6. The molecule has 1 amide bonds. The van der Waals surface area contributed by atoms with Gasteiger partial charge >= 0.3 is 5.97 Å². The van der Waals surface area contributed by atoms with Gasteiger partial charge in [0.2, 0.25) is 5.91 Å². The lowest BCUT2D eigenvalue weighted by Crippen LogP contribution is -2.30. The van der Waals surface area contributed by atoms with Crippen LogP contribution in [0.2, 0.25) is 0 Å². The van der Waals surface area contributed by atoms with Crippen molar-refractivity contribution in [2.75, 3.05) is 13.7 Å². The molecule has 0 aliphatic heterocycles. The second-order valence-electron chi connectivity index (χ2n) is 6.39. The molecule has 0 bridgehead atoms. The van der Waals surface area contributed by atoms with Crippen molar-refractivity contribution >= 4 is 11.9 Å². The molecule has 5 heteroatoms. The molecule has 27 heavy (non-hydrogen) atoms. The van der Waals surface area contributed by atoms with Gasteiger partial charge in [0.25, 0.3) is 0 Å². The summed E-state index contributed by atoms with van der Waals surface area (Å²) in [6, 6.07) is 15.1. The van der Waals surface area contributed by atoms with E-state index in [0.29, 0.717) is 19.4 Å². The van der Waals surface area contributed by atoms with Gasteiger partial charge in [-0.1, -0.05) is 42.0 Å². The fourth-order valence-corrected chi connectivity index (χ4v) is 2.74. The monoisotopic (exact) mass is 369 g/mol. The predicted octanol–water partition coefficient (Wildman–Crippen LogP) is 3.75. The summed E-state index contributed by atoms with van der Waals surface area (Å²) in [5.74, 6) is 0.369. The van der Waals surface area contributed by atoms with Gasteiger partial charge in [-0.05, 0) is 43.5 Å². The molecule has 0 radical (unpaired) electrons. The SMILES string of the molecule is CCOc1ccc(CCC(=O)NC(CC(=O)OC)c2ccc(C)cc2)cc1. The van der Waals surface area contributed by atoms with Crippen molar-refractivity contribution in [3.05, 3.63) is 65.2 Å². The zero-order valence-electron chi connectivity index (χ0n) is 16.2. The lowest BCUT2D eigenvalue weighted by atomic mass is 10.0. The Kier molecular flexibility index (Phi) is 7.86. The molecule has 5 nitrogen and oxygen atoms in total. The van der Waals surface area contributed by atoms with E-state index in [1.54, 1.807) is 0 Å². The van der Waals surface area contributed by atoms with Crippen molar-refractivity contribution in [3.8, 4) is 5.75 Å². The fourth-order valence-electron chi connectivity index (χ4n) is 2.74. The Morgan fingerprint density at radius 2 is 1.70 bits per heavy atom. The lowest BCUT2D eigenvalue weighted by molar-refractivity contribution is -0.141. The highest BCUT2D eigenvalue weighted by Gasteiger charge is 2.18. The van der Waals surface area contributed by atoms with E-state index < -0.39 is 6.04 Å². The standard InChI is InChI=1S/C22H27NO4/c1-4-27-19-12-7-17(8-13-19)9-14-21(24)23-20(15-22(25)26-3)18-10-5-16(2)6-11-18/h5-8,10-13,20H,4,9,14-15H2,1-3H3,(H,23,24). The second-order valence-corrected chi connectivity index (χ2v) is 6.39. The molecule has 1 atom stereocenters. The number of hydrogen-bond acceptors (Lipinski definition) is 4. The van der Waals surface area contributed by atoms with E-state index in [1.165, 1.54) is 7.11 Å². The van der Waals surface area contributed by atoms with Crippen molar-refractivity contribution in [1.82, 2.24) is 5.32 Å². The number of amides is 1. The van der Waals surface area contributed by atoms with Crippen molar-refractivity contribution < 1.29 is 19.1 Å². The zero-order valence-corrected chi connectivity index (χ0v) is 16.2. The van der Waals surface area contributed by atoms with Gasteiger partial charge in [0, 0.05) is 6.42 Å². The van der Waals surface area contributed by atoms with Crippen molar-refractivity contribution in [3.63, 3.8) is 0 Å². The number of ether oxygens (including phenoxy) is 2. The topological polar surface area (TPSA) is 64.6 Å². The number of hydrogen-bond donors (Lipinski definition) is 1. The van der Waals surface area contributed by atoms with Crippen LogP contribution >= 0.6 is 0 Å². The summed E-state index contributed by atoms with van der Waals surface area (Å²) in [6.45, 7) is 4.56. The van der Waals surface area contributed by atoms with Gasteiger partial charge in [-0.3, -0.25) is 9.59 Å². The van der Waals surface area contributed by atoms with Crippen LogP contribution in [0.5, 0.6) is 5.75 Å². The van der Waals surface area contributed by atoms with Crippen LogP contribution in [-0.2, 0) is 20.7 Å². The van der Waals surface area contributed by atoms with E-state index >= 15 is 0 Å². The third-order valence-corrected chi connectivity index (χ3v) is 4.29. The molecular weight excluding hydrogens is 342 g/mol. The van der Waals surface area contributed by atoms with Gasteiger partial charge in [-0.15, -0.1) is 0 Å². The third-order valence-electron chi connectivity index (χ3n) is 4.29. The number of esters is 1. The first kappa shape index (κ1) is 20.5. The Labute approximate surface area is 160 Å². The molecule has 2 aromatic rings. The molecule has 1 unspecified atom stereocenters. The van der Waals surface area contributed by atoms with Crippen LogP contribution < -0.4 is 10.1 Å². The largest absolute Gasteiger partial charge is 0.494 e. The minimum absolute atomic E-state index is 0.0987. The van der Waals surface area contributed by atoms with Crippen LogP contribution in [0, 0.1) is 6.92 Å². The number of benzene rings is 2. The van der Waals surface area contributed by atoms with Crippen LogP contribution in [0.1, 0.15) is 42.5 Å². The lowest BCUT2D eigenvalue weighted by Gasteiger charge is -2.18. The highest BCUT2D eigenvalue weighted by atomic mass is 16.5. The predicted molar refractivity (Wildman–Crippen MR) is 105 cm³/mol. The Morgan fingerprint density at radius 3 is 2.30 bits per heavy atom. The van der Waals surface area contributed by atoms with Crippen LogP contribution in [0.3, 0.4) is 0 Å².